The molecule has 25 heavy (non-hydrogen) atoms. The predicted octanol–water partition coefficient (Wildman–Crippen LogP) is 3.62. The summed E-state index contributed by atoms with van der Waals surface area (Å²) in [6, 6.07) is 13.8. The Kier molecular flexibility index (Phi) is 4.38. The highest BCUT2D eigenvalue weighted by atomic mass is 32.1. The number of thiophene rings is 1. The van der Waals surface area contributed by atoms with Gasteiger partial charge in [-0.3, -0.25) is 4.79 Å². The van der Waals surface area contributed by atoms with Crippen molar-refractivity contribution < 1.29 is 14.1 Å². The Hall–Kier alpha value is -2.44. The molecule has 2 aromatic heterocycles. The molecule has 1 atom stereocenters. The number of ether oxygens (including phenoxy) is 1. The van der Waals surface area contributed by atoms with Crippen molar-refractivity contribution in [2.45, 2.75) is 19.1 Å². The summed E-state index contributed by atoms with van der Waals surface area (Å²) in [6.45, 7) is 1.11. The van der Waals surface area contributed by atoms with Crippen LogP contribution in [0.1, 0.15) is 21.6 Å². The Morgan fingerprint density at radius 3 is 2.92 bits per heavy atom. The van der Waals surface area contributed by atoms with Crippen molar-refractivity contribution in [1.82, 2.24) is 10.1 Å². The highest BCUT2D eigenvalue weighted by molar-refractivity contribution is 7.13. The number of benzene rings is 1. The molecule has 0 spiro atoms. The molecule has 0 bridgehead atoms. The molecule has 0 radical (unpaired) electrons. The van der Waals surface area contributed by atoms with Gasteiger partial charge in [0.05, 0.1) is 17.6 Å². The molecule has 5 nitrogen and oxygen atoms in total. The van der Waals surface area contributed by atoms with E-state index in [-0.39, 0.29) is 12.0 Å². The van der Waals surface area contributed by atoms with Crippen molar-refractivity contribution in [3.63, 3.8) is 0 Å². The van der Waals surface area contributed by atoms with Crippen molar-refractivity contribution >= 4 is 17.2 Å². The van der Waals surface area contributed by atoms with E-state index in [9.17, 15) is 4.79 Å². The Bertz CT molecular complexity index is 872. The van der Waals surface area contributed by atoms with Crippen LogP contribution in [-0.4, -0.2) is 35.7 Å². The first-order valence-corrected chi connectivity index (χ1v) is 9.03. The van der Waals surface area contributed by atoms with Gasteiger partial charge in [-0.15, -0.1) is 11.3 Å². The number of aromatic nitrogens is 1. The van der Waals surface area contributed by atoms with Crippen LogP contribution >= 0.6 is 11.3 Å². The maximum absolute atomic E-state index is 12.6. The Morgan fingerprint density at radius 1 is 1.28 bits per heavy atom. The normalized spacial score (nSPS) is 16.4. The van der Waals surface area contributed by atoms with E-state index < -0.39 is 0 Å². The van der Waals surface area contributed by atoms with Crippen molar-refractivity contribution in [1.29, 1.82) is 0 Å². The zero-order chi connectivity index (χ0) is 17.2. The van der Waals surface area contributed by atoms with Gasteiger partial charge in [-0.05, 0) is 22.6 Å². The van der Waals surface area contributed by atoms with E-state index in [1.165, 1.54) is 11.1 Å². The maximum Gasteiger partial charge on any atom is 0.275 e. The third kappa shape index (κ3) is 3.36. The molecule has 0 fully saturated rings. The zero-order valence-electron chi connectivity index (χ0n) is 13.8. The first kappa shape index (κ1) is 16.1. The summed E-state index contributed by atoms with van der Waals surface area (Å²) in [5.41, 5.74) is 2.84. The number of hydrogen-bond donors (Lipinski definition) is 0. The standard InChI is InChI=1S/C19H18N2O3S/c1-21(11-15-9-13-5-2-3-6-14(13)12-23-15)19(22)16-10-17(24-20-16)18-7-4-8-25-18/h2-8,10,15H,9,11-12H2,1H3. The number of nitrogens with zero attached hydrogens (tertiary/aromatic N) is 2. The van der Waals surface area contributed by atoms with Gasteiger partial charge in [-0.2, -0.15) is 0 Å². The maximum atomic E-state index is 12.6. The molecular weight excluding hydrogens is 336 g/mol. The third-order valence-electron chi connectivity index (χ3n) is 4.36. The molecule has 4 rings (SSSR count). The van der Waals surface area contributed by atoms with Crippen LogP contribution in [0.4, 0.5) is 0 Å². The lowest BCUT2D eigenvalue weighted by Crippen LogP contribution is -2.38. The van der Waals surface area contributed by atoms with E-state index in [2.05, 4.69) is 17.3 Å². The lowest BCUT2D eigenvalue weighted by molar-refractivity contribution is 0.00964. The number of fused-ring (bicyclic) bond motifs is 1. The molecular formula is C19H18N2O3S. The molecule has 0 N–H and O–H groups in total. The SMILES string of the molecule is CN(CC1Cc2ccccc2CO1)C(=O)c1cc(-c2cccs2)on1. The van der Waals surface area contributed by atoms with Crippen LogP contribution in [0.3, 0.4) is 0 Å². The lowest BCUT2D eigenvalue weighted by atomic mass is 9.99. The Morgan fingerprint density at radius 2 is 2.12 bits per heavy atom. The van der Waals surface area contributed by atoms with Crippen molar-refractivity contribution in [3.05, 3.63) is 64.7 Å². The fourth-order valence-electron chi connectivity index (χ4n) is 3.02. The molecule has 0 aliphatic carbocycles. The summed E-state index contributed by atoms with van der Waals surface area (Å²) < 4.78 is 11.2. The number of rotatable bonds is 4. The fraction of sp³-hybridized carbons (Fsp3) is 0.263. The first-order chi connectivity index (χ1) is 12.2. The van der Waals surface area contributed by atoms with Crippen LogP contribution < -0.4 is 0 Å². The van der Waals surface area contributed by atoms with Gasteiger partial charge in [0.2, 0.25) is 0 Å². The summed E-state index contributed by atoms with van der Waals surface area (Å²) in [7, 11) is 1.77. The van der Waals surface area contributed by atoms with Gasteiger partial charge in [-0.1, -0.05) is 35.5 Å². The largest absolute Gasteiger partial charge is 0.371 e. The molecule has 3 aromatic rings. The molecule has 128 valence electrons. The molecule has 6 heteroatoms. The monoisotopic (exact) mass is 354 g/mol. The van der Waals surface area contributed by atoms with Gasteiger partial charge in [0, 0.05) is 26.1 Å². The summed E-state index contributed by atoms with van der Waals surface area (Å²) >= 11 is 1.55. The number of likely N-dealkylation sites (N-methyl/N-ethyl adjacent to an activating group) is 1. The number of carbonyl (C=O) groups excluding carboxylic acids is 1. The quantitative estimate of drug-likeness (QED) is 0.718. The van der Waals surface area contributed by atoms with E-state index in [0.29, 0.717) is 24.6 Å². The Labute approximate surface area is 149 Å². The minimum atomic E-state index is -0.158. The van der Waals surface area contributed by atoms with Crippen molar-refractivity contribution in [2.24, 2.45) is 0 Å². The average molecular weight is 354 g/mol. The van der Waals surface area contributed by atoms with Crippen LogP contribution in [0.15, 0.2) is 52.4 Å². The lowest BCUT2D eigenvalue weighted by Gasteiger charge is -2.28. The minimum absolute atomic E-state index is 0.00693. The topological polar surface area (TPSA) is 55.6 Å². The van der Waals surface area contributed by atoms with Gasteiger partial charge < -0.3 is 14.2 Å². The molecule has 3 heterocycles. The van der Waals surface area contributed by atoms with Gasteiger partial charge >= 0.3 is 0 Å². The molecule has 1 unspecified atom stereocenters. The highest BCUT2D eigenvalue weighted by Gasteiger charge is 2.24. The van der Waals surface area contributed by atoms with Crippen LogP contribution in [0, 0.1) is 0 Å². The average Bonchev–Trinajstić information content (AvgIpc) is 3.32. The number of amides is 1. The molecule has 1 aliphatic heterocycles. The third-order valence-corrected chi connectivity index (χ3v) is 5.24. The highest BCUT2D eigenvalue weighted by Crippen LogP contribution is 2.26. The van der Waals surface area contributed by atoms with E-state index in [1.54, 1.807) is 29.4 Å². The summed E-state index contributed by atoms with van der Waals surface area (Å²) in [6.07, 6.45) is 0.806. The zero-order valence-corrected chi connectivity index (χ0v) is 14.7. The molecule has 0 saturated heterocycles. The van der Waals surface area contributed by atoms with E-state index >= 15 is 0 Å². The Balaban J connectivity index is 1.41. The van der Waals surface area contributed by atoms with Crippen LogP contribution in [-0.2, 0) is 17.8 Å². The summed E-state index contributed by atoms with van der Waals surface area (Å²) in [5.74, 6) is 0.462. The van der Waals surface area contributed by atoms with Crippen LogP contribution in [0.25, 0.3) is 10.6 Å². The van der Waals surface area contributed by atoms with E-state index in [4.69, 9.17) is 9.26 Å². The summed E-state index contributed by atoms with van der Waals surface area (Å²) in [4.78, 5) is 15.2. The fourth-order valence-corrected chi connectivity index (χ4v) is 3.69. The summed E-state index contributed by atoms with van der Waals surface area (Å²) in [5, 5.41) is 5.88. The molecule has 1 aromatic carbocycles. The first-order valence-electron chi connectivity index (χ1n) is 8.15. The van der Waals surface area contributed by atoms with E-state index in [0.717, 1.165) is 11.3 Å². The van der Waals surface area contributed by atoms with Crippen molar-refractivity contribution in [3.8, 4) is 10.6 Å². The minimum Gasteiger partial charge on any atom is -0.371 e. The van der Waals surface area contributed by atoms with Gasteiger partial charge in [0.1, 0.15) is 0 Å². The number of hydrogen-bond acceptors (Lipinski definition) is 5. The van der Waals surface area contributed by atoms with Crippen LogP contribution in [0.2, 0.25) is 0 Å². The molecule has 0 saturated carbocycles. The van der Waals surface area contributed by atoms with Gasteiger partial charge in [0.15, 0.2) is 11.5 Å². The van der Waals surface area contributed by atoms with Crippen LogP contribution in [0.5, 0.6) is 0 Å². The second-order valence-electron chi connectivity index (χ2n) is 6.15. The second-order valence-corrected chi connectivity index (χ2v) is 7.09. The van der Waals surface area contributed by atoms with E-state index in [1.807, 2.05) is 29.6 Å². The van der Waals surface area contributed by atoms with Gasteiger partial charge in [0.25, 0.3) is 5.91 Å². The number of carbonyl (C=O) groups is 1. The molecule has 1 aliphatic rings. The second kappa shape index (κ2) is 6.82. The smallest absolute Gasteiger partial charge is 0.275 e. The van der Waals surface area contributed by atoms with Crippen molar-refractivity contribution in [2.75, 3.05) is 13.6 Å². The van der Waals surface area contributed by atoms with Gasteiger partial charge in [-0.25, -0.2) is 0 Å². The predicted molar refractivity (Wildman–Crippen MR) is 95.5 cm³/mol. The molecule has 1 amide bonds.